The van der Waals surface area contributed by atoms with Gasteiger partial charge in [-0.05, 0) is 36.6 Å². The predicted octanol–water partition coefficient (Wildman–Crippen LogP) is 4.07. The second-order valence-electron chi connectivity index (χ2n) is 5.81. The fourth-order valence-electron chi connectivity index (χ4n) is 2.53. The number of hydrogen-bond acceptors (Lipinski definition) is 3. The topological polar surface area (TPSA) is 53.3 Å². The summed E-state index contributed by atoms with van der Waals surface area (Å²) in [5, 5.41) is 8.89. The van der Waals surface area contributed by atoms with Crippen LogP contribution in [0.4, 0.5) is 0 Å². The van der Waals surface area contributed by atoms with Gasteiger partial charge >= 0.3 is 0 Å². The maximum atomic E-state index is 12.9. The number of nitrogens with zero attached hydrogens (tertiary/aromatic N) is 2. The van der Waals surface area contributed by atoms with Crippen LogP contribution in [0.2, 0.25) is 0 Å². The zero-order valence-corrected chi connectivity index (χ0v) is 14.6. The first-order chi connectivity index (χ1) is 12.2. The van der Waals surface area contributed by atoms with Crippen molar-refractivity contribution in [1.29, 1.82) is 5.26 Å². The molecule has 0 saturated carbocycles. The Balaban J connectivity index is 2.08. The molecule has 0 aliphatic heterocycles. The quantitative estimate of drug-likeness (QED) is 0.693. The molecule has 0 aliphatic carbocycles. The first kappa shape index (κ1) is 18.5. The van der Waals surface area contributed by atoms with E-state index in [2.05, 4.69) is 6.07 Å². The summed E-state index contributed by atoms with van der Waals surface area (Å²) in [4.78, 5) is 14.6. The Labute approximate surface area is 149 Å². The van der Waals surface area contributed by atoms with Crippen LogP contribution in [0.15, 0.2) is 54.6 Å². The Morgan fingerprint density at radius 2 is 1.92 bits per heavy atom. The standard InChI is InChI=1S/C21H24N2O2/c1-2-16-25-20-11-6-10-19(17-20)21(24)23(14-7-13-22)15-12-18-8-4-3-5-9-18/h3-6,8-11,17H,2,7,12,14-16H2,1H3. The summed E-state index contributed by atoms with van der Waals surface area (Å²) in [6.07, 6.45) is 2.01. The lowest BCUT2D eigenvalue weighted by atomic mass is 10.1. The molecule has 4 heteroatoms. The molecule has 1 amide bonds. The molecule has 0 N–H and O–H groups in total. The number of rotatable bonds is 9. The Morgan fingerprint density at radius 1 is 1.12 bits per heavy atom. The van der Waals surface area contributed by atoms with Crippen molar-refractivity contribution in [3.05, 3.63) is 65.7 Å². The van der Waals surface area contributed by atoms with Gasteiger partial charge in [0.2, 0.25) is 0 Å². The largest absolute Gasteiger partial charge is 0.494 e. The third kappa shape index (κ3) is 5.96. The SMILES string of the molecule is CCCOc1cccc(C(=O)N(CCC#N)CCc2ccccc2)c1. The monoisotopic (exact) mass is 336 g/mol. The molecule has 2 rings (SSSR count). The van der Waals surface area contributed by atoms with Crippen LogP contribution < -0.4 is 4.74 Å². The highest BCUT2D eigenvalue weighted by molar-refractivity contribution is 5.94. The third-order valence-electron chi connectivity index (χ3n) is 3.85. The van der Waals surface area contributed by atoms with Crippen molar-refractivity contribution in [2.24, 2.45) is 0 Å². The molecule has 2 aromatic rings. The molecule has 0 bridgehead atoms. The van der Waals surface area contributed by atoms with Crippen molar-refractivity contribution < 1.29 is 9.53 Å². The van der Waals surface area contributed by atoms with Crippen LogP contribution in [0.3, 0.4) is 0 Å². The number of hydrogen-bond donors (Lipinski definition) is 0. The first-order valence-electron chi connectivity index (χ1n) is 8.67. The van der Waals surface area contributed by atoms with Gasteiger partial charge in [0.05, 0.1) is 19.1 Å². The van der Waals surface area contributed by atoms with Gasteiger partial charge in [0.15, 0.2) is 0 Å². The summed E-state index contributed by atoms with van der Waals surface area (Å²) in [7, 11) is 0. The molecule has 0 fully saturated rings. The van der Waals surface area contributed by atoms with Crippen LogP contribution in [-0.2, 0) is 6.42 Å². The number of ether oxygens (including phenoxy) is 1. The molecule has 0 atom stereocenters. The second-order valence-corrected chi connectivity index (χ2v) is 5.81. The average molecular weight is 336 g/mol. The lowest BCUT2D eigenvalue weighted by Crippen LogP contribution is -2.33. The van der Waals surface area contributed by atoms with Gasteiger partial charge in [-0.3, -0.25) is 4.79 Å². The van der Waals surface area contributed by atoms with Gasteiger partial charge < -0.3 is 9.64 Å². The van der Waals surface area contributed by atoms with E-state index in [0.717, 1.165) is 12.8 Å². The molecule has 0 radical (unpaired) electrons. The molecule has 0 heterocycles. The van der Waals surface area contributed by atoms with E-state index in [0.29, 0.717) is 37.4 Å². The highest BCUT2D eigenvalue weighted by Crippen LogP contribution is 2.16. The number of carbonyl (C=O) groups is 1. The normalized spacial score (nSPS) is 10.1. The minimum atomic E-state index is -0.0619. The minimum Gasteiger partial charge on any atom is -0.494 e. The van der Waals surface area contributed by atoms with Crippen molar-refractivity contribution in [1.82, 2.24) is 4.90 Å². The van der Waals surface area contributed by atoms with E-state index >= 15 is 0 Å². The summed E-state index contributed by atoms with van der Waals surface area (Å²) in [5.41, 5.74) is 1.77. The molecule has 2 aromatic carbocycles. The Hall–Kier alpha value is -2.80. The van der Waals surface area contributed by atoms with E-state index in [9.17, 15) is 4.79 Å². The van der Waals surface area contributed by atoms with Gasteiger partial charge in [0, 0.05) is 18.7 Å². The number of amides is 1. The van der Waals surface area contributed by atoms with E-state index in [1.165, 1.54) is 5.56 Å². The fraction of sp³-hybridized carbons (Fsp3) is 0.333. The Morgan fingerprint density at radius 3 is 2.64 bits per heavy atom. The molecule has 4 nitrogen and oxygen atoms in total. The average Bonchev–Trinajstić information content (AvgIpc) is 2.67. The highest BCUT2D eigenvalue weighted by atomic mass is 16.5. The fourth-order valence-corrected chi connectivity index (χ4v) is 2.53. The van der Waals surface area contributed by atoms with Crippen molar-refractivity contribution in [3.63, 3.8) is 0 Å². The van der Waals surface area contributed by atoms with E-state index in [-0.39, 0.29) is 5.91 Å². The van der Waals surface area contributed by atoms with Gasteiger partial charge in [0.25, 0.3) is 5.91 Å². The molecule has 0 spiro atoms. The zero-order valence-electron chi connectivity index (χ0n) is 14.6. The van der Waals surface area contributed by atoms with E-state index in [1.807, 2.05) is 49.4 Å². The predicted molar refractivity (Wildman–Crippen MR) is 98.5 cm³/mol. The molecule has 25 heavy (non-hydrogen) atoms. The number of carbonyl (C=O) groups excluding carboxylic acids is 1. The van der Waals surface area contributed by atoms with Gasteiger partial charge in [-0.25, -0.2) is 0 Å². The summed E-state index contributed by atoms with van der Waals surface area (Å²) < 4.78 is 5.61. The smallest absolute Gasteiger partial charge is 0.254 e. The maximum absolute atomic E-state index is 12.9. The molecule has 0 saturated heterocycles. The first-order valence-corrected chi connectivity index (χ1v) is 8.67. The van der Waals surface area contributed by atoms with Crippen molar-refractivity contribution >= 4 is 5.91 Å². The van der Waals surface area contributed by atoms with Crippen LogP contribution in [-0.4, -0.2) is 30.5 Å². The molecule has 0 aromatic heterocycles. The molecular weight excluding hydrogens is 312 g/mol. The van der Waals surface area contributed by atoms with Crippen LogP contribution in [0.1, 0.15) is 35.7 Å². The van der Waals surface area contributed by atoms with Crippen LogP contribution in [0.25, 0.3) is 0 Å². The molecule has 130 valence electrons. The maximum Gasteiger partial charge on any atom is 0.254 e. The summed E-state index contributed by atoms with van der Waals surface area (Å²) in [6, 6.07) is 19.4. The lowest BCUT2D eigenvalue weighted by molar-refractivity contribution is 0.0760. The van der Waals surface area contributed by atoms with Crippen molar-refractivity contribution in [2.45, 2.75) is 26.2 Å². The second kappa shape index (κ2) is 10.1. The van der Waals surface area contributed by atoms with Crippen LogP contribution in [0, 0.1) is 11.3 Å². The molecule has 0 unspecified atom stereocenters. The number of benzene rings is 2. The highest BCUT2D eigenvalue weighted by Gasteiger charge is 2.16. The minimum absolute atomic E-state index is 0.0619. The summed E-state index contributed by atoms with van der Waals surface area (Å²) >= 11 is 0. The van der Waals surface area contributed by atoms with Gasteiger partial charge in [-0.2, -0.15) is 5.26 Å². The van der Waals surface area contributed by atoms with E-state index < -0.39 is 0 Å². The molecule has 0 aliphatic rings. The molecular formula is C21H24N2O2. The van der Waals surface area contributed by atoms with Gasteiger partial charge in [0.1, 0.15) is 5.75 Å². The lowest BCUT2D eigenvalue weighted by Gasteiger charge is -2.22. The van der Waals surface area contributed by atoms with E-state index in [4.69, 9.17) is 10.00 Å². The van der Waals surface area contributed by atoms with Gasteiger partial charge in [-0.15, -0.1) is 0 Å². The van der Waals surface area contributed by atoms with Crippen molar-refractivity contribution in [3.8, 4) is 11.8 Å². The third-order valence-corrected chi connectivity index (χ3v) is 3.85. The number of nitriles is 1. The summed E-state index contributed by atoms with van der Waals surface area (Å²) in [5.74, 6) is 0.643. The summed E-state index contributed by atoms with van der Waals surface area (Å²) in [6.45, 7) is 3.69. The van der Waals surface area contributed by atoms with Gasteiger partial charge in [-0.1, -0.05) is 43.3 Å². The van der Waals surface area contributed by atoms with E-state index in [1.54, 1.807) is 17.0 Å². The van der Waals surface area contributed by atoms with Crippen LogP contribution >= 0.6 is 0 Å². The Bertz CT molecular complexity index is 707. The Kier molecular flexibility index (Phi) is 7.52. The zero-order chi connectivity index (χ0) is 17.9. The van der Waals surface area contributed by atoms with Crippen molar-refractivity contribution in [2.75, 3.05) is 19.7 Å². The van der Waals surface area contributed by atoms with Crippen LogP contribution in [0.5, 0.6) is 5.75 Å².